The molecule has 0 amide bonds. The lowest BCUT2D eigenvalue weighted by Gasteiger charge is -2.06. The normalized spacial score (nSPS) is 10.4. The van der Waals surface area contributed by atoms with Gasteiger partial charge < -0.3 is 10.5 Å². The van der Waals surface area contributed by atoms with E-state index in [1.165, 1.54) is 16.8 Å². The van der Waals surface area contributed by atoms with Gasteiger partial charge in [-0.1, -0.05) is 11.3 Å². The van der Waals surface area contributed by atoms with Gasteiger partial charge in [0.2, 0.25) is 0 Å². The number of nitrogens with two attached hydrogens (primary N) is 1. The molecule has 1 aromatic heterocycles. The number of aryl methyl sites for hydroxylation is 1. The Morgan fingerprint density at radius 2 is 2.32 bits per heavy atom. The summed E-state index contributed by atoms with van der Waals surface area (Å²) in [5.74, 6) is 0.188. The fraction of sp³-hybridized carbons (Fsp3) is 0.273. The van der Waals surface area contributed by atoms with E-state index in [-0.39, 0.29) is 24.6 Å². The monoisotopic (exact) mass is 263 g/mol. The number of nitro groups is 1. The first-order valence-corrected chi connectivity index (χ1v) is 5.55. The van der Waals surface area contributed by atoms with Crippen molar-refractivity contribution in [2.24, 2.45) is 12.8 Å². The van der Waals surface area contributed by atoms with E-state index in [1.807, 2.05) is 0 Å². The highest BCUT2D eigenvalue weighted by Crippen LogP contribution is 2.28. The van der Waals surface area contributed by atoms with Gasteiger partial charge in [0.1, 0.15) is 12.3 Å². The average molecular weight is 263 g/mol. The molecule has 2 aromatic rings. The fourth-order valence-corrected chi connectivity index (χ4v) is 1.57. The van der Waals surface area contributed by atoms with Gasteiger partial charge in [0.05, 0.1) is 11.1 Å². The largest absolute Gasteiger partial charge is 0.480 e. The van der Waals surface area contributed by atoms with Crippen molar-refractivity contribution in [2.75, 3.05) is 0 Å². The molecule has 8 heteroatoms. The minimum Gasteiger partial charge on any atom is -0.480 e. The van der Waals surface area contributed by atoms with Gasteiger partial charge in [0.15, 0.2) is 5.75 Å². The van der Waals surface area contributed by atoms with Crippen LogP contribution in [-0.2, 0) is 20.2 Å². The second-order valence-electron chi connectivity index (χ2n) is 3.94. The van der Waals surface area contributed by atoms with Gasteiger partial charge in [-0.2, -0.15) is 0 Å². The molecule has 0 aliphatic rings. The molecular formula is C11H13N5O3. The van der Waals surface area contributed by atoms with E-state index in [2.05, 4.69) is 10.3 Å². The minimum atomic E-state index is -0.495. The molecule has 0 unspecified atom stereocenters. The van der Waals surface area contributed by atoms with E-state index in [4.69, 9.17) is 10.5 Å². The zero-order chi connectivity index (χ0) is 13.8. The lowest BCUT2D eigenvalue weighted by atomic mass is 10.2. The summed E-state index contributed by atoms with van der Waals surface area (Å²) in [4.78, 5) is 10.5. The van der Waals surface area contributed by atoms with E-state index in [1.54, 1.807) is 19.3 Å². The van der Waals surface area contributed by atoms with Crippen molar-refractivity contribution in [2.45, 2.75) is 13.2 Å². The molecule has 0 saturated heterocycles. The fourth-order valence-electron chi connectivity index (χ4n) is 1.57. The molecular weight excluding hydrogens is 250 g/mol. The average Bonchev–Trinajstić information content (AvgIpc) is 2.82. The summed E-state index contributed by atoms with van der Waals surface area (Å²) in [7, 11) is 1.73. The molecule has 0 bridgehead atoms. The highest BCUT2D eigenvalue weighted by molar-refractivity contribution is 5.48. The first kappa shape index (κ1) is 13.0. The zero-order valence-electron chi connectivity index (χ0n) is 10.3. The van der Waals surface area contributed by atoms with E-state index in [9.17, 15) is 10.1 Å². The van der Waals surface area contributed by atoms with Gasteiger partial charge in [-0.3, -0.25) is 14.8 Å². The molecule has 0 fully saturated rings. The third-order valence-electron chi connectivity index (χ3n) is 2.48. The number of aromatic nitrogens is 3. The molecule has 0 atom stereocenters. The number of nitrogens with zero attached hydrogens (tertiary/aromatic N) is 4. The highest BCUT2D eigenvalue weighted by atomic mass is 16.6. The zero-order valence-corrected chi connectivity index (χ0v) is 10.3. The lowest BCUT2D eigenvalue weighted by molar-refractivity contribution is -0.386. The highest BCUT2D eigenvalue weighted by Gasteiger charge is 2.16. The first-order valence-electron chi connectivity index (χ1n) is 5.55. The maximum Gasteiger partial charge on any atom is 0.311 e. The quantitative estimate of drug-likeness (QED) is 0.630. The molecule has 2 rings (SSSR count). The molecule has 100 valence electrons. The molecule has 0 spiro atoms. The SMILES string of the molecule is Cn1cc(COc2ccc(CN)cc2[N+](=O)[O-])nn1. The second kappa shape index (κ2) is 5.44. The van der Waals surface area contributed by atoms with Crippen LogP contribution < -0.4 is 10.5 Å². The Hall–Kier alpha value is -2.48. The summed E-state index contributed by atoms with van der Waals surface area (Å²) in [5, 5.41) is 18.5. The van der Waals surface area contributed by atoms with E-state index >= 15 is 0 Å². The number of benzene rings is 1. The first-order chi connectivity index (χ1) is 9.10. The van der Waals surface area contributed by atoms with Crippen molar-refractivity contribution in [3.8, 4) is 5.75 Å². The van der Waals surface area contributed by atoms with Crippen molar-refractivity contribution in [1.82, 2.24) is 15.0 Å². The number of ether oxygens (including phenoxy) is 1. The van der Waals surface area contributed by atoms with Crippen molar-refractivity contribution >= 4 is 5.69 Å². The Balaban J connectivity index is 2.17. The summed E-state index contributed by atoms with van der Waals surface area (Å²) < 4.78 is 6.93. The Labute approximate surface area is 108 Å². The van der Waals surface area contributed by atoms with Crippen LogP contribution in [0.3, 0.4) is 0 Å². The number of rotatable bonds is 5. The van der Waals surface area contributed by atoms with Crippen LogP contribution in [0.25, 0.3) is 0 Å². The molecule has 0 aliphatic carbocycles. The number of hydrogen-bond donors (Lipinski definition) is 1. The summed E-state index contributed by atoms with van der Waals surface area (Å²) in [6.45, 7) is 0.363. The van der Waals surface area contributed by atoms with Gasteiger partial charge in [-0.15, -0.1) is 5.10 Å². The summed E-state index contributed by atoms with van der Waals surface area (Å²) in [5.41, 5.74) is 6.62. The Morgan fingerprint density at radius 1 is 1.53 bits per heavy atom. The second-order valence-corrected chi connectivity index (χ2v) is 3.94. The van der Waals surface area contributed by atoms with Crippen LogP contribution in [0.2, 0.25) is 0 Å². The molecule has 0 radical (unpaired) electrons. The van der Waals surface area contributed by atoms with Crippen LogP contribution in [0.4, 0.5) is 5.69 Å². The number of nitro benzene ring substituents is 1. The Bertz CT molecular complexity index is 596. The molecule has 0 aliphatic heterocycles. The van der Waals surface area contributed by atoms with Crippen molar-refractivity contribution in [3.05, 3.63) is 45.8 Å². The lowest BCUT2D eigenvalue weighted by Crippen LogP contribution is -2.02. The summed E-state index contributed by atoms with van der Waals surface area (Å²) >= 11 is 0. The standard InChI is InChI=1S/C11H13N5O3/c1-15-6-9(13-14-15)7-19-11-3-2-8(5-12)4-10(11)16(17)18/h2-4,6H,5,7,12H2,1H3. The molecule has 2 N–H and O–H groups in total. The van der Waals surface area contributed by atoms with Gasteiger partial charge in [-0.25, -0.2) is 0 Å². The summed E-state index contributed by atoms with van der Waals surface area (Å²) in [6.07, 6.45) is 1.68. The molecule has 8 nitrogen and oxygen atoms in total. The van der Waals surface area contributed by atoms with Crippen LogP contribution in [0.15, 0.2) is 24.4 Å². The molecule has 19 heavy (non-hydrogen) atoms. The summed E-state index contributed by atoms with van der Waals surface area (Å²) in [6, 6.07) is 4.64. The van der Waals surface area contributed by atoms with Crippen LogP contribution in [-0.4, -0.2) is 19.9 Å². The van der Waals surface area contributed by atoms with Crippen LogP contribution in [0.5, 0.6) is 5.75 Å². The predicted molar refractivity (Wildman–Crippen MR) is 66.3 cm³/mol. The smallest absolute Gasteiger partial charge is 0.311 e. The Morgan fingerprint density at radius 3 is 2.89 bits per heavy atom. The third kappa shape index (κ3) is 3.05. The van der Waals surface area contributed by atoms with Crippen molar-refractivity contribution in [3.63, 3.8) is 0 Å². The van der Waals surface area contributed by atoms with Gasteiger partial charge in [0.25, 0.3) is 0 Å². The van der Waals surface area contributed by atoms with E-state index in [0.29, 0.717) is 11.3 Å². The van der Waals surface area contributed by atoms with Crippen molar-refractivity contribution < 1.29 is 9.66 Å². The van der Waals surface area contributed by atoms with Crippen LogP contribution >= 0.6 is 0 Å². The van der Waals surface area contributed by atoms with E-state index < -0.39 is 4.92 Å². The van der Waals surface area contributed by atoms with Crippen LogP contribution in [0, 0.1) is 10.1 Å². The minimum absolute atomic E-state index is 0.105. The maximum absolute atomic E-state index is 11.0. The molecule has 0 saturated carbocycles. The van der Waals surface area contributed by atoms with Gasteiger partial charge in [0, 0.05) is 19.7 Å². The maximum atomic E-state index is 11.0. The van der Waals surface area contributed by atoms with Crippen molar-refractivity contribution in [1.29, 1.82) is 0 Å². The predicted octanol–water partition coefficient (Wildman–Crippen LogP) is 0.761. The molecule has 1 aromatic carbocycles. The van der Waals surface area contributed by atoms with Gasteiger partial charge >= 0.3 is 5.69 Å². The molecule has 1 heterocycles. The number of hydrogen-bond acceptors (Lipinski definition) is 6. The van der Waals surface area contributed by atoms with E-state index in [0.717, 1.165) is 0 Å². The van der Waals surface area contributed by atoms with Crippen LogP contribution in [0.1, 0.15) is 11.3 Å². The van der Waals surface area contributed by atoms with Gasteiger partial charge in [-0.05, 0) is 11.6 Å². The Kier molecular flexibility index (Phi) is 3.71. The topological polar surface area (TPSA) is 109 Å². The third-order valence-corrected chi connectivity index (χ3v) is 2.48.